The Balaban J connectivity index is 2.53. The Morgan fingerprint density at radius 2 is 1.81 bits per heavy atom. The molecule has 0 saturated carbocycles. The summed E-state index contributed by atoms with van der Waals surface area (Å²) in [6.45, 7) is 2.47. The highest BCUT2D eigenvalue weighted by Gasteiger charge is 2.08. The third-order valence-corrected chi connectivity index (χ3v) is 2.01. The highest BCUT2D eigenvalue weighted by atomic mass is 19.2. The van der Waals surface area contributed by atoms with Crippen LogP contribution >= 0.6 is 0 Å². The maximum atomic E-state index is 13.1. The predicted molar refractivity (Wildman–Crippen MR) is 56.1 cm³/mol. The van der Waals surface area contributed by atoms with Crippen LogP contribution in [0.5, 0.6) is 0 Å². The number of rotatable bonds is 4. The van der Waals surface area contributed by atoms with E-state index in [2.05, 4.69) is 17.2 Å². The summed E-state index contributed by atoms with van der Waals surface area (Å²) in [5.41, 5.74) is 0.114. The summed E-state index contributed by atoms with van der Waals surface area (Å²) in [5, 5.41) is 2.89. The molecule has 1 aromatic rings. The first-order valence-electron chi connectivity index (χ1n) is 4.89. The fraction of sp³-hybridized carbons (Fsp3) is 0.333. The van der Waals surface area contributed by atoms with Gasteiger partial charge in [-0.3, -0.25) is 0 Å². The molecule has 0 unspecified atom stereocenters. The fourth-order valence-corrected chi connectivity index (χ4v) is 1.20. The van der Waals surface area contributed by atoms with Crippen molar-refractivity contribution >= 4 is 0 Å². The van der Waals surface area contributed by atoms with E-state index in [9.17, 15) is 13.2 Å². The Morgan fingerprint density at radius 1 is 1.12 bits per heavy atom. The standard InChI is InChI=1S/C12H12F3N/c1-2-3-4-5-16-8-9-6-11(14)12(15)7-10(9)13/h6-7,16H,4-5,8H2,1H3. The lowest BCUT2D eigenvalue weighted by Crippen LogP contribution is -2.15. The van der Waals surface area contributed by atoms with Gasteiger partial charge in [0.2, 0.25) is 0 Å². The second kappa shape index (κ2) is 6.19. The summed E-state index contributed by atoms with van der Waals surface area (Å²) in [6.07, 6.45) is 0.641. The van der Waals surface area contributed by atoms with Gasteiger partial charge in [0.15, 0.2) is 11.6 Å². The average Bonchev–Trinajstić information content (AvgIpc) is 2.25. The number of nitrogens with one attached hydrogen (secondary N) is 1. The van der Waals surface area contributed by atoms with Gasteiger partial charge in [-0.2, -0.15) is 0 Å². The summed E-state index contributed by atoms with van der Waals surface area (Å²) in [7, 11) is 0. The molecule has 0 spiro atoms. The Labute approximate surface area is 92.7 Å². The Hall–Kier alpha value is -1.47. The zero-order chi connectivity index (χ0) is 12.0. The summed E-state index contributed by atoms with van der Waals surface area (Å²) in [6, 6.07) is 1.42. The molecule has 1 N–H and O–H groups in total. The van der Waals surface area contributed by atoms with Crippen LogP contribution in [0.2, 0.25) is 0 Å². The van der Waals surface area contributed by atoms with E-state index in [0.29, 0.717) is 19.0 Å². The normalized spacial score (nSPS) is 9.75. The maximum absolute atomic E-state index is 13.1. The van der Waals surface area contributed by atoms with Crippen molar-refractivity contribution in [1.82, 2.24) is 5.32 Å². The van der Waals surface area contributed by atoms with Gasteiger partial charge in [0.1, 0.15) is 5.82 Å². The Kier molecular flexibility index (Phi) is 4.87. The second-order valence-corrected chi connectivity index (χ2v) is 3.21. The predicted octanol–water partition coefficient (Wildman–Crippen LogP) is 2.61. The van der Waals surface area contributed by atoms with Gasteiger partial charge in [-0.05, 0) is 13.0 Å². The SMILES string of the molecule is CC#CCCNCc1cc(F)c(F)cc1F. The highest BCUT2D eigenvalue weighted by Crippen LogP contribution is 2.13. The van der Waals surface area contributed by atoms with Crippen LogP contribution in [0.3, 0.4) is 0 Å². The van der Waals surface area contributed by atoms with Gasteiger partial charge in [-0.15, -0.1) is 11.8 Å². The largest absolute Gasteiger partial charge is 0.312 e. The molecule has 0 aliphatic rings. The van der Waals surface area contributed by atoms with Gasteiger partial charge in [-0.1, -0.05) is 0 Å². The second-order valence-electron chi connectivity index (χ2n) is 3.21. The molecule has 0 amide bonds. The number of hydrogen-bond acceptors (Lipinski definition) is 1. The van der Waals surface area contributed by atoms with Crippen molar-refractivity contribution in [3.63, 3.8) is 0 Å². The summed E-state index contributed by atoms with van der Waals surface area (Å²) >= 11 is 0. The fourth-order valence-electron chi connectivity index (χ4n) is 1.20. The van der Waals surface area contributed by atoms with Crippen LogP contribution in [0, 0.1) is 29.3 Å². The lowest BCUT2D eigenvalue weighted by atomic mass is 10.2. The van der Waals surface area contributed by atoms with E-state index in [-0.39, 0.29) is 12.1 Å². The van der Waals surface area contributed by atoms with Crippen molar-refractivity contribution in [3.8, 4) is 11.8 Å². The van der Waals surface area contributed by atoms with Crippen LogP contribution in [-0.4, -0.2) is 6.54 Å². The van der Waals surface area contributed by atoms with Gasteiger partial charge in [-0.25, -0.2) is 13.2 Å². The van der Waals surface area contributed by atoms with E-state index in [1.807, 2.05) is 0 Å². The molecule has 86 valence electrons. The molecule has 0 atom stereocenters. The summed E-state index contributed by atoms with van der Waals surface area (Å²) in [5.74, 6) is 2.60. The Morgan fingerprint density at radius 3 is 2.50 bits per heavy atom. The van der Waals surface area contributed by atoms with Crippen LogP contribution in [0.25, 0.3) is 0 Å². The van der Waals surface area contributed by atoms with Crippen LogP contribution in [0.1, 0.15) is 18.9 Å². The van der Waals surface area contributed by atoms with Crippen LogP contribution in [0.15, 0.2) is 12.1 Å². The number of halogens is 3. The van der Waals surface area contributed by atoms with Crippen molar-refractivity contribution < 1.29 is 13.2 Å². The molecule has 0 aliphatic carbocycles. The van der Waals surface area contributed by atoms with Crippen LogP contribution in [0.4, 0.5) is 13.2 Å². The highest BCUT2D eigenvalue weighted by molar-refractivity contribution is 5.19. The molecule has 0 fully saturated rings. The third-order valence-electron chi connectivity index (χ3n) is 2.01. The monoisotopic (exact) mass is 227 g/mol. The number of benzene rings is 1. The van der Waals surface area contributed by atoms with E-state index in [1.54, 1.807) is 6.92 Å². The first-order chi connectivity index (χ1) is 7.65. The third kappa shape index (κ3) is 3.59. The van der Waals surface area contributed by atoms with E-state index < -0.39 is 17.5 Å². The van der Waals surface area contributed by atoms with Crippen molar-refractivity contribution in [2.75, 3.05) is 6.54 Å². The summed E-state index contributed by atoms with van der Waals surface area (Å²) < 4.78 is 38.5. The molecule has 0 saturated heterocycles. The molecule has 0 aromatic heterocycles. The van der Waals surface area contributed by atoms with E-state index in [0.717, 1.165) is 6.07 Å². The maximum Gasteiger partial charge on any atom is 0.161 e. The van der Waals surface area contributed by atoms with Crippen LogP contribution in [-0.2, 0) is 6.54 Å². The van der Waals surface area contributed by atoms with Crippen molar-refractivity contribution in [2.24, 2.45) is 0 Å². The van der Waals surface area contributed by atoms with Crippen molar-refractivity contribution in [3.05, 3.63) is 35.1 Å². The molecule has 1 aromatic carbocycles. The topological polar surface area (TPSA) is 12.0 Å². The van der Waals surface area contributed by atoms with E-state index in [4.69, 9.17) is 0 Å². The van der Waals surface area contributed by atoms with Crippen molar-refractivity contribution in [1.29, 1.82) is 0 Å². The minimum absolute atomic E-state index is 0.114. The van der Waals surface area contributed by atoms with Gasteiger partial charge in [0.05, 0.1) is 0 Å². The lowest BCUT2D eigenvalue weighted by Gasteiger charge is -2.05. The molecule has 0 bridgehead atoms. The smallest absolute Gasteiger partial charge is 0.161 e. The van der Waals surface area contributed by atoms with E-state index in [1.165, 1.54) is 0 Å². The zero-order valence-electron chi connectivity index (χ0n) is 8.91. The number of hydrogen-bond donors (Lipinski definition) is 1. The van der Waals surface area contributed by atoms with Gasteiger partial charge < -0.3 is 5.32 Å². The molecular weight excluding hydrogens is 215 g/mol. The molecule has 1 nitrogen and oxygen atoms in total. The minimum atomic E-state index is -1.17. The molecular formula is C12H12F3N. The molecule has 0 aliphatic heterocycles. The molecule has 0 heterocycles. The molecule has 1 rings (SSSR count). The molecule has 4 heteroatoms. The van der Waals surface area contributed by atoms with Gasteiger partial charge >= 0.3 is 0 Å². The first kappa shape index (κ1) is 12.6. The van der Waals surface area contributed by atoms with Crippen LogP contribution < -0.4 is 5.32 Å². The van der Waals surface area contributed by atoms with Gasteiger partial charge in [0.25, 0.3) is 0 Å². The van der Waals surface area contributed by atoms with E-state index >= 15 is 0 Å². The molecule has 0 radical (unpaired) electrons. The van der Waals surface area contributed by atoms with Crippen molar-refractivity contribution in [2.45, 2.75) is 19.9 Å². The average molecular weight is 227 g/mol. The van der Waals surface area contributed by atoms with Gasteiger partial charge in [0, 0.05) is 31.1 Å². The minimum Gasteiger partial charge on any atom is -0.312 e. The molecule has 16 heavy (non-hydrogen) atoms. The Bertz CT molecular complexity index is 418. The first-order valence-corrected chi connectivity index (χ1v) is 4.89. The lowest BCUT2D eigenvalue weighted by molar-refractivity contribution is 0.487. The quantitative estimate of drug-likeness (QED) is 0.473. The summed E-state index contributed by atoms with van der Waals surface area (Å²) in [4.78, 5) is 0. The zero-order valence-corrected chi connectivity index (χ0v) is 8.91.